The molecule has 0 saturated heterocycles. The molecule has 0 bridgehead atoms. The summed E-state index contributed by atoms with van der Waals surface area (Å²) >= 11 is 0. The third-order valence-corrected chi connectivity index (χ3v) is 5.60. The van der Waals surface area contributed by atoms with Crippen molar-refractivity contribution < 1.29 is 17.9 Å². The van der Waals surface area contributed by atoms with Gasteiger partial charge in [-0.05, 0) is 43.4 Å². The van der Waals surface area contributed by atoms with E-state index < -0.39 is 10.0 Å². The Morgan fingerprint density at radius 2 is 2.00 bits per heavy atom. The van der Waals surface area contributed by atoms with Gasteiger partial charge in [0.25, 0.3) is 0 Å². The van der Waals surface area contributed by atoms with Gasteiger partial charge in [0.1, 0.15) is 5.75 Å². The highest BCUT2D eigenvalue weighted by Crippen LogP contribution is 2.39. The number of carbonyl (C=O) groups excluding carboxylic acids is 1. The Labute approximate surface area is 130 Å². The summed E-state index contributed by atoms with van der Waals surface area (Å²) in [5.41, 5.74) is 0.394. The van der Waals surface area contributed by atoms with Gasteiger partial charge < -0.3 is 10.1 Å². The fourth-order valence-electron chi connectivity index (χ4n) is 2.35. The molecule has 2 aliphatic carbocycles. The predicted octanol–water partition coefficient (Wildman–Crippen LogP) is 1.73. The first-order valence-electron chi connectivity index (χ1n) is 7.42. The first kappa shape index (κ1) is 15.3. The van der Waals surface area contributed by atoms with Crippen LogP contribution in [0.4, 0.5) is 5.69 Å². The SMILES string of the molecule is COc1ccc(S(=O)(=O)NC2CC2)cc1NC(=O)C1CC1C. The van der Waals surface area contributed by atoms with Crippen molar-refractivity contribution in [2.45, 2.75) is 37.1 Å². The number of hydrogen-bond acceptors (Lipinski definition) is 4. The monoisotopic (exact) mass is 324 g/mol. The molecule has 7 heteroatoms. The van der Waals surface area contributed by atoms with Crippen LogP contribution in [0.5, 0.6) is 5.75 Å². The summed E-state index contributed by atoms with van der Waals surface area (Å²) in [4.78, 5) is 12.2. The third-order valence-electron chi connectivity index (χ3n) is 4.08. The Morgan fingerprint density at radius 1 is 1.32 bits per heavy atom. The Bertz CT molecular complexity index is 697. The second-order valence-electron chi connectivity index (χ2n) is 6.07. The molecule has 1 amide bonds. The van der Waals surface area contributed by atoms with E-state index in [-0.39, 0.29) is 22.8 Å². The number of rotatable bonds is 6. The van der Waals surface area contributed by atoms with E-state index in [1.165, 1.54) is 19.2 Å². The summed E-state index contributed by atoms with van der Waals surface area (Å²) in [6, 6.07) is 4.54. The van der Waals surface area contributed by atoms with Crippen molar-refractivity contribution >= 4 is 21.6 Å². The Morgan fingerprint density at radius 3 is 2.55 bits per heavy atom. The Kier molecular flexibility index (Phi) is 3.86. The van der Waals surface area contributed by atoms with E-state index in [1.807, 2.05) is 6.92 Å². The van der Waals surface area contributed by atoms with Gasteiger partial charge in [-0.3, -0.25) is 4.79 Å². The van der Waals surface area contributed by atoms with E-state index in [4.69, 9.17) is 4.74 Å². The van der Waals surface area contributed by atoms with Crippen LogP contribution in [-0.4, -0.2) is 27.5 Å². The average molecular weight is 324 g/mol. The molecule has 2 saturated carbocycles. The molecule has 2 fully saturated rings. The van der Waals surface area contributed by atoms with Crippen molar-refractivity contribution in [1.29, 1.82) is 0 Å². The molecule has 120 valence electrons. The van der Waals surface area contributed by atoms with Crippen LogP contribution in [-0.2, 0) is 14.8 Å². The van der Waals surface area contributed by atoms with Gasteiger partial charge in [0.15, 0.2) is 0 Å². The molecule has 3 rings (SSSR count). The molecular formula is C15H20N2O4S. The molecule has 2 aliphatic rings. The van der Waals surface area contributed by atoms with Gasteiger partial charge in [-0.15, -0.1) is 0 Å². The molecule has 0 spiro atoms. The maximum absolute atomic E-state index is 12.3. The number of nitrogens with one attached hydrogen (secondary N) is 2. The lowest BCUT2D eigenvalue weighted by Crippen LogP contribution is -2.26. The van der Waals surface area contributed by atoms with Gasteiger partial charge in [0.2, 0.25) is 15.9 Å². The summed E-state index contributed by atoms with van der Waals surface area (Å²) in [6.07, 6.45) is 2.62. The minimum Gasteiger partial charge on any atom is -0.495 e. The topological polar surface area (TPSA) is 84.5 Å². The summed E-state index contributed by atoms with van der Waals surface area (Å²) in [6.45, 7) is 2.02. The Balaban J connectivity index is 1.83. The highest BCUT2D eigenvalue weighted by molar-refractivity contribution is 7.89. The van der Waals surface area contributed by atoms with Crippen LogP contribution in [0.25, 0.3) is 0 Å². The molecule has 1 aromatic rings. The third kappa shape index (κ3) is 3.25. The van der Waals surface area contributed by atoms with Crippen LogP contribution in [0.3, 0.4) is 0 Å². The van der Waals surface area contributed by atoms with Crippen LogP contribution in [0.2, 0.25) is 0 Å². The quantitative estimate of drug-likeness (QED) is 0.834. The summed E-state index contributed by atoms with van der Waals surface area (Å²) < 4.78 is 32.3. The second-order valence-corrected chi connectivity index (χ2v) is 7.78. The minimum absolute atomic E-state index is 0.00885. The molecule has 2 atom stereocenters. The van der Waals surface area contributed by atoms with Crippen molar-refractivity contribution in [3.05, 3.63) is 18.2 Å². The predicted molar refractivity (Wildman–Crippen MR) is 82.2 cm³/mol. The Hall–Kier alpha value is -1.60. The van der Waals surface area contributed by atoms with Gasteiger partial charge in [0.05, 0.1) is 17.7 Å². The van der Waals surface area contributed by atoms with Gasteiger partial charge in [-0.25, -0.2) is 13.1 Å². The highest BCUT2D eigenvalue weighted by atomic mass is 32.2. The number of amides is 1. The number of methoxy groups -OCH3 is 1. The maximum Gasteiger partial charge on any atom is 0.240 e. The zero-order chi connectivity index (χ0) is 15.9. The standard InChI is InChI=1S/C15H20N2O4S/c1-9-7-12(9)15(18)16-13-8-11(5-6-14(13)21-2)22(19,20)17-10-3-4-10/h5-6,8-10,12,17H,3-4,7H2,1-2H3,(H,16,18). The van der Waals surface area contributed by atoms with Gasteiger partial charge in [-0.2, -0.15) is 0 Å². The highest BCUT2D eigenvalue weighted by Gasteiger charge is 2.39. The number of ether oxygens (including phenoxy) is 1. The maximum atomic E-state index is 12.3. The van der Waals surface area contributed by atoms with Crippen LogP contribution < -0.4 is 14.8 Å². The first-order chi connectivity index (χ1) is 10.4. The molecule has 0 radical (unpaired) electrons. The van der Waals surface area contributed by atoms with Crippen LogP contribution in [0, 0.1) is 11.8 Å². The van der Waals surface area contributed by atoms with Crippen LogP contribution in [0.1, 0.15) is 26.2 Å². The molecule has 0 heterocycles. The van der Waals surface area contributed by atoms with Gasteiger partial charge >= 0.3 is 0 Å². The lowest BCUT2D eigenvalue weighted by atomic mass is 10.2. The summed E-state index contributed by atoms with van der Waals surface area (Å²) in [5, 5.41) is 2.78. The molecule has 0 aromatic heterocycles. The fourth-order valence-corrected chi connectivity index (χ4v) is 3.68. The number of hydrogen-bond donors (Lipinski definition) is 2. The molecule has 0 aliphatic heterocycles. The summed E-state index contributed by atoms with van der Waals surface area (Å²) in [5.74, 6) is 0.756. The second kappa shape index (κ2) is 5.55. The zero-order valence-corrected chi connectivity index (χ0v) is 13.4. The number of anilines is 1. The molecule has 6 nitrogen and oxygen atoms in total. The number of sulfonamides is 1. The number of carbonyl (C=O) groups is 1. The van der Waals surface area contributed by atoms with Gasteiger partial charge in [0, 0.05) is 12.0 Å². The molecule has 22 heavy (non-hydrogen) atoms. The lowest BCUT2D eigenvalue weighted by molar-refractivity contribution is -0.117. The van der Waals surface area contributed by atoms with Crippen molar-refractivity contribution in [3.63, 3.8) is 0 Å². The zero-order valence-electron chi connectivity index (χ0n) is 12.6. The number of benzene rings is 1. The van der Waals surface area contributed by atoms with Crippen LogP contribution >= 0.6 is 0 Å². The first-order valence-corrected chi connectivity index (χ1v) is 8.90. The molecule has 2 N–H and O–H groups in total. The van der Waals surface area contributed by atoms with Gasteiger partial charge in [-0.1, -0.05) is 6.92 Å². The lowest BCUT2D eigenvalue weighted by Gasteiger charge is -2.13. The van der Waals surface area contributed by atoms with E-state index in [0.717, 1.165) is 19.3 Å². The fraction of sp³-hybridized carbons (Fsp3) is 0.533. The summed E-state index contributed by atoms with van der Waals surface area (Å²) in [7, 11) is -2.07. The van der Waals surface area contributed by atoms with E-state index in [9.17, 15) is 13.2 Å². The molecule has 2 unspecified atom stereocenters. The molecular weight excluding hydrogens is 304 g/mol. The van der Waals surface area contributed by atoms with Crippen LogP contribution in [0.15, 0.2) is 23.1 Å². The van der Waals surface area contributed by atoms with E-state index >= 15 is 0 Å². The van der Waals surface area contributed by atoms with E-state index in [1.54, 1.807) is 6.07 Å². The van der Waals surface area contributed by atoms with E-state index in [2.05, 4.69) is 10.0 Å². The normalized spacial score (nSPS) is 23.9. The average Bonchev–Trinajstić information content (AvgIpc) is 3.37. The molecule has 1 aromatic carbocycles. The van der Waals surface area contributed by atoms with Crippen molar-refractivity contribution in [1.82, 2.24) is 4.72 Å². The minimum atomic E-state index is -3.55. The largest absolute Gasteiger partial charge is 0.495 e. The van der Waals surface area contributed by atoms with Crippen molar-refractivity contribution in [2.75, 3.05) is 12.4 Å². The smallest absolute Gasteiger partial charge is 0.240 e. The van der Waals surface area contributed by atoms with Crippen molar-refractivity contribution in [3.8, 4) is 5.75 Å². The van der Waals surface area contributed by atoms with E-state index in [0.29, 0.717) is 17.4 Å². The van der Waals surface area contributed by atoms with Crippen molar-refractivity contribution in [2.24, 2.45) is 11.8 Å².